The Morgan fingerprint density at radius 3 is 1.34 bits per heavy atom. The van der Waals surface area contributed by atoms with Crippen molar-refractivity contribution in [3.8, 4) is 17.9 Å². The number of hydrogen-bond donors (Lipinski definition) is 4. The fourth-order valence-corrected chi connectivity index (χ4v) is 9.56. The zero-order valence-corrected chi connectivity index (χ0v) is 53.8. The second kappa shape index (κ2) is 40.1. The number of rotatable bonds is 28. The summed E-state index contributed by atoms with van der Waals surface area (Å²) in [7, 11) is 0. The Hall–Kier alpha value is -9.42. The van der Waals surface area contributed by atoms with Crippen molar-refractivity contribution in [2.75, 3.05) is 66.2 Å². The summed E-state index contributed by atoms with van der Waals surface area (Å²) in [6.07, 6.45) is -10.1. The number of carbonyl (C=O) groups is 5. The van der Waals surface area contributed by atoms with E-state index in [0.29, 0.717) is 31.2 Å². The Kier molecular flexibility index (Phi) is 32.3. The Labute approximate surface area is 554 Å². The van der Waals surface area contributed by atoms with Gasteiger partial charge in [-0.1, -0.05) is 149 Å². The Morgan fingerprint density at radius 2 is 0.969 bits per heavy atom. The van der Waals surface area contributed by atoms with Crippen LogP contribution in [0.2, 0.25) is 0 Å². The maximum absolute atomic E-state index is 13.3. The minimum absolute atomic E-state index is 0.0385. The number of aliphatic hydroxyl groups excluding tert-OH is 2. The van der Waals surface area contributed by atoms with Crippen LogP contribution in [0.3, 0.4) is 0 Å². The number of ether oxygens (including phenoxy) is 9. The first-order chi connectivity index (χ1) is 45.8. The SMILES string of the molecule is CC(C)(CCC#N)CN(C[C@@H](O)C(Cc1ccccc1)NC(=O)C(F)(F)F)C(=O)OCc1ccccc1.CC(C)(CCC#N)CN(C[C@@H](O)[C@H](Cc1ccccc1)NC(=O)OC1COCOC1)C(=O)OCc1ccccc1.O=C(Oc1ccc([N+](=O)[O-])cc1)OC1COCOC1. The van der Waals surface area contributed by atoms with Crippen LogP contribution in [0, 0.1) is 43.6 Å². The van der Waals surface area contributed by atoms with Crippen LogP contribution in [-0.2, 0) is 68.7 Å². The van der Waals surface area contributed by atoms with Crippen molar-refractivity contribution in [3.05, 3.63) is 178 Å². The molecule has 4 amide bonds. The molecule has 28 heteroatoms. The van der Waals surface area contributed by atoms with E-state index in [0.717, 1.165) is 16.7 Å². The molecular formula is C68H82F3N7O18. The summed E-state index contributed by atoms with van der Waals surface area (Å²) in [6, 6.07) is 43.3. The molecule has 5 aromatic carbocycles. The molecule has 7 rings (SSSR count). The largest absolute Gasteiger partial charge is 0.514 e. The highest BCUT2D eigenvalue weighted by Gasteiger charge is 2.42. The number of carbonyl (C=O) groups excluding carboxylic acids is 5. The van der Waals surface area contributed by atoms with Crippen molar-refractivity contribution in [1.82, 2.24) is 20.4 Å². The molecule has 0 bridgehead atoms. The van der Waals surface area contributed by atoms with Crippen LogP contribution in [0.5, 0.6) is 5.75 Å². The maximum atomic E-state index is 13.3. The molecule has 518 valence electrons. The van der Waals surface area contributed by atoms with Gasteiger partial charge >= 0.3 is 36.5 Å². The van der Waals surface area contributed by atoms with Crippen LogP contribution in [0.25, 0.3) is 0 Å². The number of hydrogen-bond acceptors (Lipinski definition) is 20. The molecule has 2 aliphatic rings. The van der Waals surface area contributed by atoms with Gasteiger partial charge in [-0.05, 0) is 70.9 Å². The van der Waals surface area contributed by atoms with Gasteiger partial charge in [0.1, 0.15) is 32.5 Å². The highest BCUT2D eigenvalue weighted by Crippen LogP contribution is 2.27. The van der Waals surface area contributed by atoms with Gasteiger partial charge in [0.2, 0.25) is 0 Å². The molecule has 0 aliphatic carbocycles. The van der Waals surface area contributed by atoms with Gasteiger partial charge in [0.15, 0.2) is 12.2 Å². The number of amides is 4. The second-order valence-electron chi connectivity index (χ2n) is 23.9. The van der Waals surface area contributed by atoms with Crippen molar-refractivity contribution in [3.63, 3.8) is 0 Å². The molecule has 96 heavy (non-hydrogen) atoms. The number of benzene rings is 5. The van der Waals surface area contributed by atoms with Gasteiger partial charge in [-0.15, -0.1) is 0 Å². The molecule has 4 N–H and O–H groups in total. The molecular weight excluding hydrogens is 1260 g/mol. The molecule has 2 heterocycles. The van der Waals surface area contributed by atoms with Crippen LogP contribution < -0.4 is 15.4 Å². The first-order valence-electron chi connectivity index (χ1n) is 30.7. The van der Waals surface area contributed by atoms with Gasteiger partial charge in [-0.25, -0.2) is 19.2 Å². The number of nitro benzene ring substituents is 1. The lowest BCUT2D eigenvalue weighted by atomic mass is 9.87. The highest BCUT2D eigenvalue weighted by atomic mass is 19.4. The molecule has 4 atom stereocenters. The molecule has 2 aliphatic heterocycles. The fraction of sp³-hybridized carbons (Fsp3) is 0.456. The number of nitrogens with zero attached hydrogens (tertiary/aromatic N) is 5. The van der Waals surface area contributed by atoms with E-state index in [9.17, 15) is 57.5 Å². The number of alkyl carbamates (subject to hydrolysis) is 1. The minimum atomic E-state index is -5.14. The minimum Gasteiger partial charge on any atom is -0.445 e. The van der Waals surface area contributed by atoms with Gasteiger partial charge < -0.3 is 73.3 Å². The molecule has 1 unspecified atom stereocenters. The monoisotopic (exact) mass is 1340 g/mol. The first-order valence-corrected chi connectivity index (χ1v) is 30.7. The standard InChI is InChI=1S/C30H39N3O7.C27H32F3N3O4.C11H11NO7/c1-30(2,14-9-15-31)21-33(29(36)39-18-24-12-7-4-8-13-24)17-27(34)26(16-23-10-5-3-6-11-23)32-28(35)40-25-19-37-22-38-20-25;1-26(2,14-9-15-31)19-33(25(36)37-18-21-12-7-4-8-13-21)17-23(34)22(32-24(35)27(28,29)30)16-20-10-5-3-6-11-20;13-11(19-10-5-16-7-17-6-10)18-9-3-1-8(2-4-9)12(14)15/h3-8,10-13,25-27,34H,9,14,16-22H2,1-2H3,(H,32,35);3-8,10-13,22-23,34H,9,14,16-19H2,1-2H3,(H,32,35);1-4,10H,5-7H2/t26-,27+;22?,23-;/m01./s1. The average Bonchev–Trinajstić information content (AvgIpc) is 1.03. The van der Waals surface area contributed by atoms with Gasteiger partial charge in [0, 0.05) is 38.1 Å². The first kappa shape index (κ1) is 77.3. The molecule has 5 aromatic rings. The van der Waals surface area contributed by atoms with Crippen LogP contribution in [0.15, 0.2) is 146 Å². The number of alkyl halides is 3. The molecule has 2 saturated heterocycles. The summed E-state index contributed by atoms with van der Waals surface area (Å²) in [5, 5.41) is 55.5. The Morgan fingerprint density at radius 1 is 0.594 bits per heavy atom. The predicted molar refractivity (Wildman–Crippen MR) is 339 cm³/mol. The quantitative estimate of drug-likeness (QED) is 0.0119. The summed E-state index contributed by atoms with van der Waals surface area (Å²) >= 11 is 0. The molecule has 2 fully saturated rings. The highest BCUT2D eigenvalue weighted by molar-refractivity contribution is 5.82. The lowest BCUT2D eigenvalue weighted by Gasteiger charge is -2.35. The molecule has 0 spiro atoms. The topological polar surface area (TPSA) is 330 Å². The fourth-order valence-electron chi connectivity index (χ4n) is 9.56. The van der Waals surface area contributed by atoms with Crippen molar-refractivity contribution in [2.45, 2.75) is 122 Å². The third-order valence-electron chi connectivity index (χ3n) is 14.5. The van der Waals surface area contributed by atoms with Gasteiger partial charge in [-0.2, -0.15) is 23.7 Å². The van der Waals surface area contributed by atoms with Crippen LogP contribution in [0.4, 0.5) is 38.0 Å². The van der Waals surface area contributed by atoms with Gasteiger partial charge in [-0.3, -0.25) is 14.9 Å². The Bertz CT molecular complexity index is 3240. The van der Waals surface area contributed by atoms with Crippen LogP contribution >= 0.6 is 0 Å². The number of halogens is 3. The maximum Gasteiger partial charge on any atom is 0.514 e. The van der Waals surface area contributed by atoms with E-state index in [1.807, 2.05) is 99.7 Å². The van der Waals surface area contributed by atoms with E-state index in [4.69, 9.17) is 53.2 Å². The Balaban J connectivity index is 0.000000276. The lowest BCUT2D eigenvalue weighted by Crippen LogP contribution is -2.54. The molecule has 0 radical (unpaired) electrons. The van der Waals surface area contributed by atoms with E-state index in [1.165, 1.54) is 34.1 Å². The van der Waals surface area contributed by atoms with Crippen molar-refractivity contribution in [1.29, 1.82) is 10.5 Å². The normalized spacial score (nSPS) is 14.6. The van der Waals surface area contributed by atoms with Crippen LogP contribution in [0.1, 0.15) is 75.6 Å². The van der Waals surface area contributed by atoms with E-state index in [1.54, 1.807) is 54.6 Å². The number of nitriles is 2. The summed E-state index contributed by atoms with van der Waals surface area (Å²) in [6.45, 7) is 8.72. The number of nitrogens with one attached hydrogen (secondary N) is 2. The predicted octanol–water partition coefficient (Wildman–Crippen LogP) is 10.1. The third-order valence-corrected chi connectivity index (χ3v) is 14.5. The third kappa shape index (κ3) is 29.9. The zero-order valence-electron chi connectivity index (χ0n) is 53.8. The molecule has 0 saturated carbocycles. The summed E-state index contributed by atoms with van der Waals surface area (Å²) in [4.78, 5) is 74.7. The lowest BCUT2D eigenvalue weighted by molar-refractivity contribution is -0.384. The number of non-ortho nitro benzene ring substituents is 1. The van der Waals surface area contributed by atoms with Gasteiger partial charge in [0.25, 0.3) is 5.69 Å². The van der Waals surface area contributed by atoms with E-state index >= 15 is 0 Å². The van der Waals surface area contributed by atoms with E-state index in [-0.39, 0.29) is 104 Å². The second-order valence-corrected chi connectivity index (χ2v) is 23.9. The number of aliphatic hydroxyl groups is 2. The van der Waals surface area contributed by atoms with Crippen LogP contribution in [-0.4, -0.2) is 164 Å². The molecule has 0 aromatic heterocycles. The average molecular weight is 1340 g/mol. The zero-order chi connectivity index (χ0) is 69.9. The van der Waals surface area contributed by atoms with Crippen molar-refractivity contribution in [2.24, 2.45) is 10.8 Å². The van der Waals surface area contributed by atoms with E-state index < -0.39 is 88.8 Å². The molecule has 25 nitrogen and oxygen atoms in total. The van der Waals surface area contributed by atoms with Gasteiger partial charge in [0.05, 0.1) is 80.9 Å². The van der Waals surface area contributed by atoms with E-state index in [2.05, 4.69) is 17.5 Å². The summed E-state index contributed by atoms with van der Waals surface area (Å²) < 4.78 is 85.5. The number of nitro groups is 1. The van der Waals surface area contributed by atoms with Crippen molar-refractivity contribution < 1.29 is 94.9 Å². The summed E-state index contributed by atoms with van der Waals surface area (Å²) in [5.41, 5.74) is 2.01. The van der Waals surface area contributed by atoms with Crippen molar-refractivity contribution >= 4 is 36.0 Å². The smallest absolute Gasteiger partial charge is 0.445 e. The summed E-state index contributed by atoms with van der Waals surface area (Å²) in [5.74, 6) is -2.02.